The van der Waals surface area contributed by atoms with Gasteiger partial charge in [-0.05, 0) is 79.3 Å². The summed E-state index contributed by atoms with van der Waals surface area (Å²) >= 11 is 0. The molecule has 0 spiro atoms. The van der Waals surface area contributed by atoms with Crippen LogP contribution in [0.3, 0.4) is 0 Å². The number of amides is 3. The topological polar surface area (TPSA) is 108 Å². The van der Waals surface area contributed by atoms with Gasteiger partial charge in [-0.2, -0.15) is 0 Å². The van der Waals surface area contributed by atoms with Crippen LogP contribution in [0.4, 0.5) is 16.2 Å². The first-order chi connectivity index (χ1) is 17.3. The summed E-state index contributed by atoms with van der Waals surface area (Å²) in [5.41, 5.74) is 3.59. The number of carboxylic acid groups (broad SMARTS) is 1. The van der Waals surface area contributed by atoms with E-state index >= 15 is 0 Å². The van der Waals surface area contributed by atoms with Crippen molar-refractivity contribution in [2.45, 2.75) is 52.0 Å². The van der Waals surface area contributed by atoms with Crippen LogP contribution in [0.2, 0.25) is 0 Å². The molecule has 36 heavy (non-hydrogen) atoms. The Morgan fingerprint density at radius 1 is 1.03 bits per heavy atom. The number of hydrogen-bond donors (Lipinski definition) is 3. The van der Waals surface area contributed by atoms with Crippen molar-refractivity contribution in [3.8, 4) is 5.75 Å². The van der Waals surface area contributed by atoms with Crippen molar-refractivity contribution in [1.29, 1.82) is 0 Å². The Morgan fingerprint density at radius 2 is 1.75 bits per heavy atom. The van der Waals surface area contributed by atoms with E-state index in [1.807, 2.05) is 42.2 Å². The first kappa shape index (κ1) is 25.5. The molecule has 0 saturated heterocycles. The molecule has 192 valence electrons. The third-order valence-electron chi connectivity index (χ3n) is 7.57. The van der Waals surface area contributed by atoms with E-state index in [1.165, 1.54) is 0 Å². The predicted octanol–water partition coefficient (Wildman–Crippen LogP) is 5.14. The zero-order valence-electron chi connectivity index (χ0n) is 21.0. The number of carbonyl (C=O) groups excluding carboxylic acids is 2. The van der Waals surface area contributed by atoms with E-state index < -0.39 is 5.97 Å². The fraction of sp³-hybridized carbons (Fsp3) is 0.464. The number of methoxy groups -OCH3 is 1. The minimum Gasteiger partial charge on any atom is -0.497 e. The number of nitrogens with zero attached hydrogens (tertiary/aromatic N) is 1. The van der Waals surface area contributed by atoms with Gasteiger partial charge in [-0.25, -0.2) is 4.79 Å². The number of carbonyl (C=O) groups is 3. The standard InChI is InChI=1S/C28H35N3O5/c1-18(20-8-6-19(7-9-20)14-26(32)33)27(34)31-13-12-21-15-24(11-10-22(21)17-31)30-28(35)29-23-4-3-5-25(16-23)36-2/h3-5,10-11,15-16,18-20H,6-9,12-14,17H2,1-2H3,(H,32,33)(H2,29,30,35). The maximum absolute atomic E-state index is 13.3. The number of rotatable bonds is 7. The minimum atomic E-state index is -0.731. The van der Waals surface area contributed by atoms with Crippen LogP contribution in [0, 0.1) is 17.8 Å². The van der Waals surface area contributed by atoms with E-state index in [4.69, 9.17) is 9.84 Å². The quantitative estimate of drug-likeness (QED) is 0.495. The summed E-state index contributed by atoms with van der Waals surface area (Å²) in [5.74, 6) is 0.619. The van der Waals surface area contributed by atoms with Crippen LogP contribution >= 0.6 is 0 Å². The molecule has 1 fully saturated rings. The first-order valence-electron chi connectivity index (χ1n) is 12.7. The van der Waals surface area contributed by atoms with Crippen molar-refractivity contribution in [2.75, 3.05) is 24.3 Å². The second-order valence-electron chi connectivity index (χ2n) is 9.97. The number of ether oxygens (including phenoxy) is 1. The first-order valence-corrected chi connectivity index (χ1v) is 12.7. The van der Waals surface area contributed by atoms with E-state index in [0.717, 1.165) is 43.2 Å². The summed E-state index contributed by atoms with van der Waals surface area (Å²) < 4.78 is 5.19. The molecular formula is C28H35N3O5. The number of urea groups is 1. The largest absolute Gasteiger partial charge is 0.497 e. The molecule has 8 nitrogen and oxygen atoms in total. The molecule has 3 N–H and O–H groups in total. The molecule has 3 amide bonds. The highest BCUT2D eigenvalue weighted by atomic mass is 16.5. The lowest BCUT2D eigenvalue weighted by Crippen LogP contribution is -2.41. The smallest absolute Gasteiger partial charge is 0.323 e. The van der Waals surface area contributed by atoms with Crippen molar-refractivity contribution in [2.24, 2.45) is 17.8 Å². The van der Waals surface area contributed by atoms with Gasteiger partial charge in [0.05, 0.1) is 7.11 Å². The van der Waals surface area contributed by atoms with Crippen molar-refractivity contribution < 1.29 is 24.2 Å². The molecule has 4 rings (SSSR count). The molecule has 8 heteroatoms. The lowest BCUT2D eigenvalue weighted by molar-refractivity contribution is -0.140. The summed E-state index contributed by atoms with van der Waals surface area (Å²) in [5, 5.41) is 14.7. The van der Waals surface area contributed by atoms with Crippen LogP contribution in [-0.2, 0) is 22.6 Å². The van der Waals surface area contributed by atoms with Crippen molar-refractivity contribution in [3.63, 3.8) is 0 Å². The molecule has 2 aliphatic rings. The van der Waals surface area contributed by atoms with E-state index in [0.29, 0.717) is 36.1 Å². The number of carboxylic acids is 1. The highest BCUT2D eigenvalue weighted by molar-refractivity contribution is 5.99. The Kier molecular flexibility index (Phi) is 8.13. The molecule has 0 aromatic heterocycles. The third-order valence-corrected chi connectivity index (χ3v) is 7.57. The Morgan fingerprint density at radius 3 is 2.44 bits per heavy atom. The molecule has 1 heterocycles. The molecular weight excluding hydrogens is 458 g/mol. The lowest BCUT2D eigenvalue weighted by Gasteiger charge is -2.36. The zero-order chi connectivity index (χ0) is 25.7. The predicted molar refractivity (Wildman–Crippen MR) is 138 cm³/mol. The Bertz CT molecular complexity index is 1110. The average Bonchev–Trinajstić information content (AvgIpc) is 2.87. The van der Waals surface area contributed by atoms with Gasteiger partial charge in [0.15, 0.2) is 0 Å². The maximum Gasteiger partial charge on any atom is 0.323 e. The number of benzene rings is 2. The zero-order valence-corrected chi connectivity index (χ0v) is 21.0. The van der Waals surface area contributed by atoms with Gasteiger partial charge in [-0.3, -0.25) is 9.59 Å². The Balaban J connectivity index is 1.30. The van der Waals surface area contributed by atoms with Gasteiger partial charge in [-0.1, -0.05) is 19.1 Å². The minimum absolute atomic E-state index is 0.0569. The van der Waals surface area contributed by atoms with Crippen LogP contribution in [0.1, 0.15) is 50.2 Å². The summed E-state index contributed by atoms with van der Waals surface area (Å²) in [4.78, 5) is 38.6. The number of fused-ring (bicyclic) bond motifs is 1. The second-order valence-corrected chi connectivity index (χ2v) is 9.97. The van der Waals surface area contributed by atoms with Crippen LogP contribution in [0.25, 0.3) is 0 Å². The van der Waals surface area contributed by atoms with E-state index in [1.54, 1.807) is 19.2 Å². The molecule has 0 bridgehead atoms. The van der Waals surface area contributed by atoms with Crippen molar-refractivity contribution >= 4 is 29.3 Å². The van der Waals surface area contributed by atoms with Gasteiger partial charge < -0.3 is 25.4 Å². The van der Waals surface area contributed by atoms with Gasteiger partial charge in [0, 0.05) is 42.9 Å². The molecule has 2 aromatic carbocycles. The average molecular weight is 494 g/mol. The van der Waals surface area contributed by atoms with Crippen molar-refractivity contribution in [3.05, 3.63) is 53.6 Å². The van der Waals surface area contributed by atoms with Gasteiger partial charge in [0.25, 0.3) is 0 Å². The molecule has 1 aliphatic carbocycles. The van der Waals surface area contributed by atoms with Crippen LogP contribution < -0.4 is 15.4 Å². The Hall–Kier alpha value is -3.55. The van der Waals surface area contributed by atoms with Crippen LogP contribution in [0.15, 0.2) is 42.5 Å². The fourth-order valence-electron chi connectivity index (χ4n) is 5.44. The molecule has 2 aromatic rings. The van der Waals surface area contributed by atoms with Crippen molar-refractivity contribution in [1.82, 2.24) is 4.90 Å². The highest BCUT2D eigenvalue weighted by Crippen LogP contribution is 2.36. The van der Waals surface area contributed by atoms with E-state index in [2.05, 4.69) is 10.6 Å². The van der Waals surface area contributed by atoms with Gasteiger partial charge in [0.2, 0.25) is 5.91 Å². The second kappa shape index (κ2) is 11.5. The van der Waals surface area contributed by atoms with Gasteiger partial charge in [-0.15, -0.1) is 0 Å². The van der Waals surface area contributed by atoms with E-state index in [-0.39, 0.29) is 30.2 Å². The summed E-state index contributed by atoms with van der Waals surface area (Å²) in [7, 11) is 1.58. The molecule has 1 saturated carbocycles. The maximum atomic E-state index is 13.3. The summed E-state index contributed by atoms with van der Waals surface area (Å²) in [6, 6.07) is 12.7. The number of nitrogens with one attached hydrogen (secondary N) is 2. The highest BCUT2D eigenvalue weighted by Gasteiger charge is 2.33. The van der Waals surface area contributed by atoms with Gasteiger partial charge in [0.1, 0.15) is 5.75 Å². The van der Waals surface area contributed by atoms with Crippen LogP contribution in [0.5, 0.6) is 5.75 Å². The lowest BCUT2D eigenvalue weighted by atomic mass is 9.75. The molecule has 0 radical (unpaired) electrons. The van der Waals surface area contributed by atoms with Gasteiger partial charge >= 0.3 is 12.0 Å². The number of anilines is 2. The third kappa shape index (κ3) is 6.36. The molecule has 1 aliphatic heterocycles. The SMILES string of the molecule is COc1cccc(NC(=O)Nc2ccc3c(c2)CCN(C(=O)C(C)C2CCC(CC(=O)O)CC2)C3)c1. The number of hydrogen-bond acceptors (Lipinski definition) is 4. The molecule has 1 unspecified atom stereocenters. The molecule has 1 atom stereocenters. The summed E-state index contributed by atoms with van der Waals surface area (Å²) in [6.45, 7) is 3.25. The normalized spacial score (nSPS) is 20.1. The van der Waals surface area contributed by atoms with E-state index in [9.17, 15) is 14.4 Å². The Labute approximate surface area is 212 Å². The number of aliphatic carboxylic acids is 1. The van der Waals surface area contributed by atoms with Crippen LogP contribution in [-0.4, -0.2) is 41.6 Å². The summed E-state index contributed by atoms with van der Waals surface area (Å²) in [6.07, 6.45) is 4.59. The fourth-order valence-corrected chi connectivity index (χ4v) is 5.44. The monoisotopic (exact) mass is 493 g/mol.